The van der Waals surface area contributed by atoms with Crippen molar-refractivity contribution in [2.45, 2.75) is 11.1 Å². The fraction of sp³-hybridized carbons (Fsp3) is 0.235. The highest BCUT2D eigenvalue weighted by atomic mass is 32.2. The first-order chi connectivity index (χ1) is 13.1. The first-order valence-electron chi connectivity index (χ1n) is 7.90. The summed E-state index contributed by atoms with van der Waals surface area (Å²) in [5.41, 5.74) is -1.11. The zero-order valence-electron chi connectivity index (χ0n) is 14.3. The van der Waals surface area contributed by atoms with Gasteiger partial charge in [0.05, 0.1) is 23.5 Å². The Kier molecular flexibility index (Phi) is 6.97. The lowest BCUT2D eigenvalue weighted by molar-refractivity contribution is -0.137. The van der Waals surface area contributed by atoms with Gasteiger partial charge in [0, 0.05) is 0 Å². The first-order valence-corrected chi connectivity index (χ1v) is 9.38. The molecule has 0 radical (unpaired) electrons. The largest absolute Gasteiger partial charge is 0.492 e. The fourth-order valence-corrected chi connectivity index (χ4v) is 3.06. The molecule has 0 aliphatic rings. The van der Waals surface area contributed by atoms with Gasteiger partial charge >= 0.3 is 6.18 Å². The number of hydrogen-bond acceptors (Lipinski definition) is 4. The van der Waals surface area contributed by atoms with E-state index in [9.17, 15) is 30.8 Å². The summed E-state index contributed by atoms with van der Waals surface area (Å²) in [6, 6.07) is 8.40. The van der Waals surface area contributed by atoms with Crippen LogP contribution >= 0.6 is 0 Å². The maximum absolute atomic E-state index is 12.7. The van der Waals surface area contributed by atoms with E-state index in [1.165, 1.54) is 24.3 Å². The van der Waals surface area contributed by atoms with E-state index in [1.807, 2.05) is 4.72 Å². The van der Waals surface area contributed by atoms with Crippen molar-refractivity contribution in [1.82, 2.24) is 10.0 Å². The molecule has 0 aromatic heterocycles. The van der Waals surface area contributed by atoms with Crippen LogP contribution in [0.25, 0.3) is 0 Å². The van der Waals surface area contributed by atoms with Gasteiger partial charge < -0.3 is 10.1 Å². The molecule has 0 fully saturated rings. The summed E-state index contributed by atoms with van der Waals surface area (Å²) in [5.74, 6) is -0.729. The fourth-order valence-electron chi connectivity index (χ4n) is 2.04. The van der Waals surface area contributed by atoms with E-state index in [1.54, 1.807) is 0 Å². The number of alkyl halides is 3. The van der Waals surface area contributed by atoms with Crippen molar-refractivity contribution in [3.8, 4) is 5.75 Å². The number of sulfonamides is 1. The summed E-state index contributed by atoms with van der Waals surface area (Å²) in [4.78, 5) is 11.1. The summed E-state index contributed by atoms with van der Waals surface area (Å²) in [5, 5.41) is 2.38. The van der Waals surface area contributed by atoms with Gasteiger partial charge in [-0.15, -0.1) is 0 Å². The summed E-state index contributed by atoms with van der Waals surface area (Å²) in [7, 11) is -4.29. The molecule has 0 bridgehead atoms. The number of carbonyl (C=O) groups is 1. The Hall–Kier alpha value is -2.66. The molecule has 2 aromatic rings. The zero-order chi connectivity index (χ0) is 20.8. The van der Waals surface area contributed by atoms with Crippen LogP contribution < -0.4 is 14.8 Å². The second kappa shape index (κ2) is 9.02. The molecule has 0 saturated carbocycles. The minimum absolute atomic E-state index is 0.0432. The Morgan fingerprint density at radius 1 is 1.07 bits per heavy atom. The normalized spacial score (nSPS) is 11.9. The van der Waals surface area contributed by atoms with Gasteiger partial charge in [0.25, 0.3) is 0 Å². The lowest BCUT2D eigenvalue weighted by atomic mass is 10.2. The minimum Gasteiger partial charge on any atom is -0.492 e. The third-order valence-corrected chi connectivity index (χ3v) is 4.80. The molecule has 2 aromatic carbocycles. The van der Waals surface area contributed by atoms with Gasteiger partial charge in [-0.2, -0.15) is 13.2 Å². The van der Waals surface area contributed by atoms with Crippen molar-refractivity contribution < 1.29 is 35.5 Å². The van der Waals surface area contributed by atoms with Crippen LogP contribution in [0.4, 0.5) is 17.6 Å². The Labute approximate surface area is 158 Å². The highest BCUT2D eigenvalue weighted by molar-refractivity contribution is 7.89. The summed E-state index contributed by atoms with van der Waals surface area (Å²) < 4.78 is 82.0. The van der Waals surface area contributed by atoms with Crippen molar-refractivity contribution in [3.05, 3.63) is 59.9 Å². The number of carbonyl (C=O) groups excluding carboxylic acids is 1. The van der Waals surface area contributed by atoms with E-state index in [0.29, 0.717) is 11.8 Å². The topological polar surface area (TPSA) is 84.5 Å². The molecule has 0 aliphatic carbocycles. The molecule has 2 N–H and O–H groups in total. The average Bonchev–Trinajstić information content (AvgIpc) is 2.64. The third kappa shape index (κ3) is 6.50. The van der Waals surface area contributed by atoms with Crippen LogP contribution in [-0.4, -0.2) is 34.0 Å². The molecule has 11 heteroatoms. The summed E-state index contributed by atoms with van der Waals surface area (Å²) in [6.45, 7) is -0.561. The molecular weight excluding hydrogens is 404 g/mol. The van der Waals surface area contributed by atoms with Gasteiger partial charge in [0.1, 0.15) is 18.2 Å². The third-order valence-electron chi connectivity index (χ3n) is 3.40. The van der Waals surface area contributed by atoms with E-state index in [-0.39, 0.29) is 13.2 Å². The molecule has 1 amide bonds. The Morgan fingerprint density at radius 2 is 1.75 bits per heavy atom. The van der Waals surface area contributed by atoms with Crippen LogP contribution in [0.1, 0.15) is 5.56 Å². The van der Waals surface area contributed by atoms with Crippen molar-refractivity contribution >= 4 is 15.9 Å². The second-order valence-electron chi connectivity index (χ2n) is 5.50. The quantitative estimate of drug-likeness (QED) is 0.507. The molecule has 0 saturated heterocycles. The smallest absolute Gasteiger partial charge is 0.416 e. The molecule has 0 spiro atoms. The van der Waals surface area contributed by atoms with Crippen LogP contribution in [0.5, 0.6) is 5.75 Å². The summed E-state index contributed by atoms with van der Waals surface area (Å²) in [6.07, 6.45) is -4.69. The van der Waals surface area contributed by atoms with Gasteiger partial charge in [0.15, 0.2) is 0 Å². The Balaban J connectivity index is 1.80. The van der Waals surface area contributed by atoms with Crippen LogP contribution in [0, 0.1) is 5.82 Å². The molecule has 152 valence electrons. The first kappa shape index (κ1) is 21.6. The Morgan fingerprint density at radius 3 is 2.39 bits per heavy atom. The second-order valence-corrected chi connectivity index (χ2v) is 7.27. The Bertz CT molecular complexity index is 915. The van der Waals surface area contributed by atoms with Gasteiger partial charge in [-0.05, 0) is 42.5 Å². The molecule has 28 heavy (non-hydrogen) atoms. The van der Waals surface area contributed by atoms with E-state index in [2.05, 4.69) is 5.32 Å². The standard InChI is InChI=1S/C17H16F4N2O4S/c18-13-4-6-14(7-5-13)27-9-8-22-16(24)11-23-28(25,26)15-3-1-2-12(10-15)17(19,20)21/h1-7,10,23H,8-9,11H2,(H,22,24). The number of ether oxygens (including phenoxy) is 1. The van der Waals surface area contributed by atoms with Crippen LogP contribution in [0.2, 0.25) is 0 Å². The van der Waals surface area contributed by atoms with E-state index in [0.717, 1.165) is 18.2 Å². The maximum atomic E-state index is 12.7. The monoisotopic (exact) mass is 420 g/mol. The van der Waals surface area contributed by atoms with Crippen LogP contribution in [0.15, 0.2) is 53.4 Å². The average molecular weight is 420 g/mol. The van der Waals surface area contributed by atoms with Gasteiger partial charge in [-0.3, -0.25) is 4.79 Å². The predicted octanol–water partition coefficient (Wildman–Crippen LogP) is 2.32. The van der Waals surface area contributed by atoms with E-state index in [4.69, 9.17) is 4.74 Å². The SMILES string of the molecule is O=C(CNS(=O)(=O)c1cccc(C(F)(F)F)c1)NCCOc1ccc(F)cc1. The zero-order valence-corrected chi connectivity index (χ0v) is 15.1. The van der Waals surface area contributed by atoms with Crippen LogP contribution in [-0.2, 0) is 21.0 Å². The molecular formula is C17H16F4N2O4S. The number of hydrogen-bond donors (Lipinski definition) is 2. The molecule has 0 aliphatic heterocycles. The van der Waals surface area contributed by atoms with Crippen molar-refractivity contribution in [2.24, 2.45) is 0 Å². The number of amides is 1. The van der Waals surface area contributed by atoms with Gasteiger partial charge in [0.2, 0.25) is 15.9 Å². The van der Waals surface area contributed by atoms with Gasteiger partial charge in [-0.1, -0.05) is 6.07 Å². The van der Waals surface area contributed by atoms with Crippen molar-refractivity contribution in [1.29, 1.82) is 0 Å². The van der Waals surface area contributed by atoms with Crippen LogP contribution in [0.3, 0.4) is 0 Å². The molecule has 0 atom stereocenters. The highest BCUT2D eigenvalue weighted by Gasteiger charge is 2.31. The molecule has 0 heterocycles. The number of benzene rings is 2. The van der Waals surface area contributed by atoms with Gasteiger partial charge in [-0.25, -0.2) is 17.5 Å². The maximum Gasteiger partial charge on any atom is 0.416 e. The molecule has 2 rings (SSSR count). The van der Waals surface area contributed by atoms with E-state index < -0.39 is 44.9 Å². The number of nitrogens with one attached hydrogen (secondary N) is 2. The lowest BCUT2D eigenvalue weighted by Crippen LogP contribution is -2.38. The predicted molar refractivity (Wildman–Crippen MR) is 91.5 cm³/mol. The summed E-state index contributed by atoms with van der Waals surface area (Å²) >= 11 is 0. The van der Waals surface area contributed by atoms with Crippen molar-refractivity contribution in [3.63, 3.8) is 0 Å². The lowest BCUT2D eigenvalue weighted by Gasteiger charge is -2.11. The van der Waals surface area contributed by atoms with E-state index >= 15 is 0 Å². The molecule has 6 nitrogen and oxygen atoms in total. The number of halogens is 4. The minimum atomic E-state index is -4.69. The highest BCUT2D eigenvalue weighted by Crippen LogP contribution is 2.30. The number of rotatable bonds is 8. The molecule has 0 unspecified atom stereocenters. The van der Waals surface area contributed by atoms with Crippen molar-refractivity contribution in [2.75, 3.05) is 19.7 Å².